The fourth-order valence-electron chi connectivity index (χ4n) is 1.86. The van der Waals surface area contributed by atoms with E-state index in [1.54, 1.807) is 4.90 Å². The molecule has 4 nitrogen and oxygen atoms in total. The Labute approximate surface area is 89.1 Å². The van der Waals surface area contributed by atoms with Gasteiger partial charge in [-0.3, -0.25) is 4.79 Å². The highest BCUT2D eigenvalue weighted by Crippen LogP contribution is 2.32. The summed E-state index contributed by atoms with van der Waals surface area (Å²) in [5.74, 6) is 0.0993. The zero-order valence-electron chi connectivity index (χ0n) is 8.95. The van der Waals surface area contributed by atoms with Crippen LogP contribution in [0.2, 0.25) is 0 Å². The van der Waals surface area contributed by atoms with Crippen LogP contribution in [0.15, 0.2) is 18.2 Å². The monoisotopic (exact) mass is 205 g/mol. The summed E-state index contributed by atoms with van der Waals surface area (Å²) in [5.41, 5.74) is 8.25. The number of hydrogen-bond acceptors (Lipinski definition) is 3. The maximum atomic E-state index is 11.7. The standard InChI is InChI=1S/C11H15N3O/c1-7(2)14-10-4-3-8(12)5-9(10)13-6-11(14)15/h3-5,7,13H,6,12H2,1-2H3. The summed E-state index contributed by atoms with van der Waals surface area (Å²) in [6.07, 6.45) is 0. The first-order valence-corrected chi connectivity index (χ1v) is 5.05. The van der Waals surface area contributed by atoms with Crippen LogP contribution in [0.25, 0.3) is 0 Å². The summed E-state index contributed by atoms with van der Waals surface area (Å²) < 4.78 is 0. The minimum atomic E-state index is 0.0993. The number of amides is 1. The Kier molecular flexibility index (Phi) is 2.26. The van der Waals surface area contributed by atoms with Crippen molar-refractivity contribution in [1.29, 1.82) is 0 Å². The van der Waals surface area contributed by atoms with E-state index in [0.717, 1.165) is 11.4 Å². The number of nitrogens with two attached hydrogens (primary N) is 1. The van der Waals surface area contributed by atoms with E-state index in [2.05, 4.69) is 5.32 Å². The van der Waals surface area contributed by atoms with E-state index in [0.29, 0.717) is 12.2 Å². The zero-order valence-corrected chi connectivity index (χ0v) is 8.95. The van der Waals surface area contributed by atoms with E-state index in [1.807, 2.05) is 32.0 Å². The fraction of sp³-hybridized carbons (Fsp3) is 0.364. The van der Waals surface area contributed by atoms with Crippen LogP contribution in [0.1, 0.15) is 13.8 Å². The van der Waals surface area contributed by atoms with Crippen molar-refractivity contribution in [2.75, 3.05) is 22.5 Å². The van der Waals surface area contributed by atoms with Gasteiger partial charge >= 0.3 is 0 Å². The van der Waals surface area contributed by atoms with Gasteiger partial charge in [-0.2, -0.15) is 0 Å². The molecule has 0 aliphatic carbocycles. The van der Waals surface area contributed by atoms with Crippen molar-refractivity contribution < 1.29 is 4.79 Å². The fourth-order valence-corrected chi connectivity index (χ4v) is 1.86. The Hall–Kier alpha value is -1.71. The summed E-state index contributed by atoms with van der Waals surface area (Å²) >= 11 is 0. The molecule has 0 atom stereocenters. The molecule has 0 spiro atoms. The van der Waals surface area contributed by atoms with Gasteiger partial charge in [-0.05, 0) is 32.0 Å². The lowest BCUT2D eigenvalue weighted by Gasteiger charge is -2.33. The van der Waals surface area contributed by atoms with Crippen LogP contribution in [0.3, 0.4) is 0 Å². The molecule has 0 bridgehead atoms. The van der Waals surface area contributed by atoms with Crippen LogP contribution >= 0.6 is 0 Å². The molecule has 0 unspecified atom stereocenters. The van der Waals surface area contributed by atoms with Crippen molar-refractivity contribution in [2.24, 2.45) is 0 Å². The third-order valence-electron chi connectivity index (χ3n) is 2.50. The van der Waals surface area contributed by atoms with E-state index < -0.39 is 0 Å². The zero-order chi connectivity index (χ0) is 11.0. The first kappa shape index (κ1) is 9.83. The molecule has 0 saturated heterocycles. The lowest BCUT2D eigenvalue weighted by atomic mass is 10.1. The molecule has 0 radical (unpaired) electrons. The number of fused-ring (bicyclic) bond motifs is 1. The molecule has 4 heteroatoms. The number of nitrogens with one attached hydrogen (secondary N) is 1. The van der Waals surface area contributed by atoms with Crippen LogP contribution in [-0.4, -0.2) is 18.5 Å². The number of nitrogens with zero attached hydrogens (tertiary/aromatic N) is 1. The Morgan fingerprint density at radius 3 is 2.87 bits per heavy atom. The minimum Gasteiger partial charge on any atom is -0.399 e. The summed E-state index contributed by atoms with van der Waals surface area (Å²) in [4.78, 5) is 13.5. The molecule has 2 rings (SSSR count). The van der Waals surface area contributed by atoms with Gasteiger partial charge in [-0.1, -0.05) is 0 Å². The molecule has 1 aliphatic rings. The summed E-state index contributed by atoms with van der Waals surface area (Å²) in [7, 11) is 0. The molecule has 1 heterocycles. The van der Waals surface area contributed by atoms with Crippen molar-refractivity contribution in [3.05, 3.63) is 18.2 Å². The van der Waals surface area contributed by atoms with E-state index >= 15 is 0 Å². The molecule has 1 amide bonds. The van der Waals surface area contributed by atoms with Crippen molar-refractivity contribution >= 4 is 23.0 Å². The normalized spacial score (nSPS) is 15.1. The maximum Gasteiger partial charge on any atom is 0.246 e. The van der Waals surface area contributed by atoms with Crippen LogP contribution in [-0.2, 0) is 4.79 Å². The van der Waals surface area contributed by atoms with Gasteiger partial charge < -0.3 is 16.0 Å². The van der Waals surface area contributed by atoms with Gasteiger partial charge in [0.2, 0.25) is 5.91 Å². The van der Waals surface area contributed by atoms with Gasteiger partial charge in [0.15, 0.2) is 0 Å². The second-order valence-electron chi connectivity index (χ2n) is 3.99. The second kappa shape index (κ2) is 3.46. The van der Waals surface area contributed by atoms with Crippen LogP contribution < -0.4 is 16.0 Å². The molecule has 0 aromatic heterocycles. The smallest absolute Gasteiger partial charge is 0.246 e. The van der Waals surface area contributed by atoms with Crippen LogP contribution in [0.5, 0.6) is 0 Å². The second-order valence-corrected chi connectivity index (χ2v) is 3.99. The molecule has 0 saturated carbocycles. The van der Waals surface area contributed by atoms with Gasteiger partial charge in [-0.15, -0.1) is 0 Å². The summed E-state index contributed by atoms with van der Waals surface area (Å²) in [6, 6.07) is 5.72. The number of anilines is 3. The van der Waals surface area contributed by atoms with Crippen molar-refractivity contribution in [3.8, 4) is 0 Å². The highest BCUT2D eigenvalue weighted by Gasteiger charge is 2.25. The van der Waals surface area contributed by atoms with E-state index in [4.69, 9.17) is 5.73 Å². The van der Waals surface area contributed by atoms with Crippen LogP contribution in [0.4, 0.5) is 17.1 Å². The Morgan fingerprint density at radius 1 is 1.47 bits per heavy atom. The van der Waals surface area contributed by atoms with Gasteiger partial charge in [0.1, 0.15) is 0 Å². The predicted octanol–water partition coefficient (Wildman–Crippen LogP) is 1.44. The topological polar surface area (TPSA) is 58.4 Å². The Morgan fingerprint density at radius 2 is 2.20 bits per heavy atom. The molecule has 80 valence electrons. The number of benzene rings is 1. The van der Waals surface area contributed by atoms with E-state index in [-0.39, 0.29) is 11.9 Å². The van der Waals surface area contributed by atoms with E-state index in [9.17, 15) is 4.79 Å². The van der Waals surface area contributed by atoms with Crippen molar-refractivity contribution in [3.63, 3.8) is 0 Å². The summed E-state index contributed by atoms with van der Waals surface area (Å²) in [6.45, 7) is 4.35. The molecular weight excluding hydrogens is 190 g/mol. The molecule has 0 fully saturated rings. The molecule has 3 N–H and O–H groups in total. The number of carbonyl (C=O) groups excluding carboxylic acids is 1. The average molecular weight is 205 g/mol. The summed E-state index contributed by atoms with van der Waals surface area (Å²) in [5, 5.41) is 3.07. The predicted molar refractivity (Wildman–Crippen MR) is 62.0 cm³/mol. The number of nitrogen functional groups attached to an aromatic ring is 1. The van der Waals surface area contributed by atoms with Gasteiger partial charge in [0.25, 0.3) is 0 Å². The first-order valence-electron chi connectivity index (χ1n) is 5.05. The molecule has 1 aromatic carbocycles. The lowest BCUT2D eigenvalue weighted by molar-refractivity contribution is -0.117. The van der Waals surface area contributed by atoms with Gasteiger partial charge in [0.05, 0.1) is 17.9 Å². The largest absolute Gasteiger partial charge is 0.399 e. The molecule has 1 aromatic rings. The minimum absolute atomic E-state index is 0.0993. The van der Waals surface area contributed by atoms with Crippen LogP contribution in [0, 0.1) is 0 Å². The number of hydrogen-bond donors (Lipinski definition) is 2. The molecule has 15 heavy (non-hydrogen) atoms. The van der Waals surface area contributed by atoms with Gasteiger partial charge in [0, 0.05) is 11.7 Å². The Bertz CT molecular complexity index is 401. The molecular formula is C11H15N3O. The highest BCUT2D eigenvalue weighted by atomic mass is 16.2. The quantitative estimate of drug-likeness (QED) is 0.682. The third-order valence-corrected chi connectivity index (χ3v) is 2.50. The maximum absolute atomic E-state index is 11.7. The SMILES string of the molecule is CC(C)N1C(=O)CNc2cc(N)ccc21. The highest BCUT2D eigenvalue weighted by molar-refractivity contribution is 6.03. The first-order chi connectivity index (χ1) is 7.09. The number of rotatable bonds is 1. The average Bonchev–Trinajstić information content (AvgIpc) is 2.17. The van der Waals surface area contributed by atoms with Crippen molar-refractivity contribution in [2.45, 2.75) is 19.9 Å². The van der Waals surface area contributed by atoms with Crippen molar-refractivity contribution in [1.82, 2.24) is 0 Å². The van der Waals surface area contributed by atoms with E-state index in [1.165, 1.54) is 0 Å². The third kappa shape index (κ3) is 1.63. The lowest BCUT2D eigenvalue weighted by Crippen LogP contribution is -2.44. The Balaban J connectivity index is 2.48. The molecule has 1 aliphatic heterocycles. The van der Waals surface area contributed by atoms with Gasteiger partial charge in [-0.25, -0.2) is 0 Å². The number of carbonyl (C=O) groups is 1.